The summed E-state index contributed by atoms with van der Waals surface area (Å²) in [6, 6.07) is 2.90. The van der Waals surface area contributed by atoms with Crippen LogP contribution in [0.1, 0.15) is 11.1 Å². The molecule has 0 radical (unpaired) electrons. The summed E-state index contributed by atoms with van der Waals surface area (Å²) in [5.41, 5.74) is -1.54. The van der Waals surface area contributed by atoms with Crippen LogP contribution in [0, 0.1) is 11.3 Å². The van der Waals surface area contributed by atoms with Crippen LogP contribution < -0.4 is 0 Å². The molecular weight excluding hydrogens is 497 g/mol. The Kier molecular flexibility index (Phi) is 5.91. The van der Waals surface area contributed by atoms with E-state index in [1.54, 1.807) is 6.07 Å². The van der Waals surface area contributed by atoms with Gasteiger partial charge < -0.3 is 4.57 Å². The highest BCUT2D eigenvalue weighted by Crippen LogP contribution is 2.46. The number of thioether (sulfide) groups is 1. The van der Waals surface area contributed by atoms with Gasteiger partial charge in [0.05, 0.1) is 26.2 Å². The summed E-state index contributed by atoms with van der Waals surface area (Å²) >= 11 is 19.9. The maximum absolute atomic E-state index is 13.2. The number of hydrogen-bond acceptors (Lipinski definition) is 2. The Labute approximate surface area is 165 Å². The highest BCUT2D eigenvalue weighted by molar-refractivity contribution is 9.11. The van der Waals surface area contributed by atoms with Crippen molar-refractivity contribution < 1.29 is 22.0 Å². The summed E-state index contributed by atoms with van der Waals surface area (Å²) in [5.74, 6) is 0. The molecular formula is C13H3BrCl3F5N2S. The highest BCUT2D eigenvalue weighted by atomic mass is 79.9. The molecule has 0 saturated heterocycles. The van der Waals surface area contributed by atoms with Gasteiger partial charge in [0.2, 0.25) is 0 Å². The number of nitriles is 1. The molecule has 0 amide bonds. The third kappa shape index (κ3) is 4.55. The number of benzene rings is 1. The van der Waals surface area contributed by atoms with Crippen molar-refractivity contribution in [3.8, 4) is 11.8 Å². The van der Waals surface area contributed by atoms with Crippen molar-refractivity contribution in [2.45, 2.75) is 15.2 Å². The van der Waals surface area contributed by atoms with Gasteiger partial charge in [-0.15, -0.1) is 0 Å². The first-order valence-corrected chi connectivity index (χ1v) is 8.72. The van der Waals surface area contributed by atoms with Crippen molar-refractivity contribution in [3.63, 3.8) is 0 Å². The highest BCUT2D eigenvalue weighted by Gasteiger charge is 2.33. The topological polar surface area (TPSA) is 28.7 Å². The lowest BCUT2D eigenvalue weighted by Gasteiger charge is -2.14. The van der Waals surface area contributed by atoms with E-state index >= 15 is 0 Å². The molecule has 0 fully saturated rings. The molecule has 1 aromatic heterocycles. The van der Waals surface area contributed by atoms with Crippen LogP contribution in [-0.4, -0.2) is 8.73 Å². The Balaban J connectivity index is 2.66. The summed E-state index contributed by atoms with van der Waals surface area (Å²) in [5, 5.41) is 7.97. The number of hydrogen-bond donors (Lipinski definition) is 0. The molecule has 134 valence electrons. The fourth-order valence-electron chi connectivity index (χ4n) is 1.89. The van der Waals surface area contributed by atoms with Gasteiger partial charge in [-0.2, -0.15) is 27.2 Å². The molecule has 0 bridgehead atoms. The zero-order valence-corrected chi connectivity index (χ0v) is 16.1. The number of aromatic nitrogens is 1. The molecule has 2 aromatic rings. The largest absolute Gasteiger partial charge is 0.416 e. The van der Waals surface area contributed by atoms with Crippen molar-refractivity contribution in [1.29, 1.82) is 5.26 Å². The Morgan fingerprint density at radius 2 is 1.60 bits per heavy atom. The first kappa shape index (κ1) is 20.6. The standard InChI is InChI=1S/C13H3BrCl3F5N2S/c14-13(21,22)25-9-4-24(11(17)6(9)3-23)10-7(15)1-5(2-8(10)16)12(18,19)20/h1-2,4H. The minimum atomic E-state index is -4.68. The van der Waals surface area contributed by atoms with Crippen LogP contribution in [0.4, 0.5) is 22.0 Å². The molecule has 0 saturated carbocycles. The Hall–Kier alpha value is -0.660. The summed E-state index contributed by atoms with van der Waals surface area (Å²) in [4.78, 5) is -0.207. The van der Waals surface area contributed by atoms with E-state index in [-0.39, 0.29) is 33.1 Å². The van der Waals surface area contributed by atoms with Gasteiger partial charge in [-0.25, -0.2) is 0 Å². The molecule has 2 nitrogen and oxygen atoms in total. The SMILES string of the molecule is N#Cc1c(SC(F)(F)Br)cn(-c2c(Cl)cc(C(F)(F)F)cc2Cl)c1Cl. The maximum Gasteiger partial charge on any atom is 0.416 e. The number of rotatable bonds is 3. The number of halogens is 9. The third-order valence-electron chi connectivity index (χ3n) is 2.83. The van der Waals surface area contributed by atoms with Crippen LogP contribution in [0.3, 0.4) is 0 Å². The lowest BCUT2D eigenvalue weighted by atomic mass is 10.2. The average Bonchev–Trinajstić information content (AvgIpc) is 2.71. The van der Waals surface area contributed by atoms with E-state index < -0.39 is 25.9 Å². The average molecular weight is 501 g/mol. The van der Waals surface area contributed by atoms with Crippen molar-refractivity contribution in [2.24, 2.45) is 0 Å². The second-order valence-corrected chi connectivity index (χ2v) is 8.32. The molecule has 2 rings (SSSR count). The zero-order chi connectivity index (χ0) is 19.2. The molecule has 1 aromatic carbocycles. The van der Waals surface area contributed by atoms with Gasteiger partial charge in [0.1, 0.15) is 16.8 Å². The fourth-order valence-corrected chi connectivity index (χ4v) is 4.06. The molecule has 0 aliphatic heterocycles. The lowest BCUT2D eigenvalue weighted by Crippen LogP contribution is -2.06. The van der Waals surface area contributed by atoms with Gasteiger partial charge in [-0.05, 0) is 23.9 Å². The van der Waals surface area contributed by atoms with Gasteiger partial charge in [-0.1, -0.05) is 34.8 Å². The Morgan fingerprint density at radius 3 is 2.00 bits per heavy atom. The van der Waals surface area contributed by atoms with Crippen LogP contribution in [0.25, 0.3) is 5.69 Å². The van der Waals surface area contributed by atoms with Crippen LogP contribution >= 0.6 is 62.5 Å². The van der Waals surface area contributed by atoms with Crippen molar-refractivity contribution >= 4 is 62.5 Å². The Bertz CT molecular complexity index is 847. The van der Waals surface area contributed by atoms with E-state index in [2.05, 4.69) is 15.9 Å². The van der Waals surface area contributed by atoms with E-state index in [9.17, 15) is 22.0 Å². The van der Waals surface area contributed by atoms with E-state index in [4.69, 9.17) is 40.1 Å². The molecule has 1 heterocycles. The Morgan fingerprint density at radius 1 is 1.08 bits per heavy atom. The lowest BCUT2D eigenvalue weighted by molar-refractivity contribution is -0.137. The molecule has 0 aliphatic carbocycles. The second kappa shape index (κ2) is 7.16. The predicted octanol–water partition coefficient (Wildman–Crippen LogP) is 7.37. The fraction of sp³-hybridized carbons (Fsp3) is 0.154. The van der Waals surface area contributed by atoms with Crippen LogP contribution in [-0.2, 0) is 6.18 Å². The summed E-state index contributed by atoms with van der Waals surface area (Å²) in [7, 11) is 0. The van der Waals surface area contributed by atoms with Gasteiger partial charge in [0.15, 0.2) is 0 Å². The van der Waals surface area contributed by atoms with Crippen LogP contribution in [0.15, 0.2) is 23.2 Å². The second-order valence-electron chi connectivity index (χ2n) is 4.48. The maximum atomic E-state index is 13.2. The normalized spacial score (nSPS) is 12.3. The molecule has 0 spiro atoms. The molecule has 12 heteroatoms. The molecule has 0 aliphatic rings. The van der Waals surface area contributed by atoms with E-state index in [1.807, 2.05) is 0 Å². The third-order valence-corrected chi connectivity index (χ3v) is 5.03. The van der Waals surface area contributed by atoms with Gasteiger partial charge in [0, 0.05) is 22.1 Å². The van der Waals surface area contributed by atoms with Crippen LogP contribution in [0.2, 0.25) is 15.2 Å². The van der Waals surface area contributed by atoms with E-state index in [0.717, 1.165) is 10.8 Å². The first-order valence-electron chi connectivity index (χ1n) is 5.98. The minimum absolute atomic E-state index is 0.00987. The van der Waals surface area contributed by atoms with Gasteiger partial charge >= 0.3 is 10.3 Å². The quantitative estimate of drug-likeness (QED) is 0.250. The molecule has 0 atom stereocenters. The molecule has 25 heavy (non-hydrogen) atoms. The van der Waals surface area contributed by atoms with Crippen molar-refractivity contribution in [3.05, 3.63) is 44.7 Å². The molecule has 0 unspecified atom stereocenters. The van der Waals surface area contributed by atoms with Gasteiger partial charge in [0.25, 0.3) is 0 Å². The summed E-state index contributed by atoms with van der Waals surface area (Å²) in [6.45, 7) is 0. The van der Waals surface area contributed by atoms with E-state index in [1.165, 1.54) is 0 Å². The number of nitrogens with zero attached hydrogens (tertiary/aromatic N) is 2. The number of alkyl halides is 6. The predicted molar refractivity (Wildman–Crippen MR) is 90.2 cm³/mol. The van der Waals surface area contributed by atoms with Gasteiger partial charge in [-0.3, -0.25) is 0 Å². The van der Waals surface area contributed by atoms with Crippen LogP contribution in [0.5, 0.6) is 0 Å². The monoisotopic (exact) mass is 498 g/mol. The first-order chi connectivity index (χ1) is 11.3. The summed E-state index contributed by atoms with van der Waals surface area (Å²) < 4.78 is 62.2. The minimum Gasteiger partial charge on any atom is -0.302 e. The van der Waals surface area contributed by atoms with E-state index in [0.29, 0.717) is 12.1 Å². The zero-order valence-electron chi connectivity index (χ0n) is 11.4. The van der Waals surface area contributed by atoms with Crippen molar-refractivity contribution in [2.75, 3.05) is 0 Å². The smallest absolute Gasteiger partial charge is 0.302 e. The summed E-state index contributed by atoms with van der Waals surface area (Å²) in [6.07, 6.45) is -3.63. The van der Waals surface area contributed by atoms with Crippen molar-refractivity contribution in [1.82, 2.24) is 4.57 Å². The molecule has 0 N–H and O–H groups in total.